The molecule has 0 saturated carbocycles. The van der Waals surface area contributed by atoms with Crippen LogP contribution in [0.4, 0.5) is 13.2 Å². The third kappa shape index (κ3) is 3.26. The summed E-state index contributed by atoms with van der Waals surface area (Å²) in [5.41, 5.74) is 0.0185. The quantitative estimate of drug-likeness (QED) is 0.831. The van der Waals surface area contributed by atoms with E-state index in [1.165, 1.54) is 39.4 Å². The molecule has 0 amide bonds. The number of halogens is 4. The maximum absolute atomic E-state index is 12.9. The number of alkyl halides is 3. The first-order chi connectivity index (χ1) is 7.77. The third-order valence-electron chi connectivity index (χ3n) is 2.33. The third-order valence-corrected chi connectivity index (χ3v) is 2.66. The van der Waals surface area contributed by atoms with Crippen LogP contribution in [0.25, 0.3) is 0 Å². The predicted molar refractivity (Wildman–Crippen MR) is 60.5 cm³/mol. The molecule has 96 valence electrons. The molecule has 0 radical (unpaired) electrons. The van der Waals surface area contributed by atoms with E-state index in [9.17, 15) is 13.2 Å². The van der Waals surface area contributed by atoms with Crippen molar-refractivity contribution >= 4 is 11.6 Å². The maximum atomic E-state index is 12.9. The van der Waals surface area contributed by atoms with Gasteiger partial charge in [-0.1, -0.05) is 17.7 Å². The Labute approximate surface area is 103 Å². The van der Waals surface area contributed by atoms with E-state index in [-0.39, 0.29) is 10.6 Å². The van der Waals surface area contributed by atoms with Gasteiger partial charge in [-0.15, -0.1) is 0 Å². The first-order valence-corrected chi connectivity index (χ1v) is 5.21. The van der Waals surface area contributed by atoms with Gasteiger partial charge in [-0.05, 0) is 31.8 Å². The Morgan fingerprint density at radius 3 is 2.24 bits per heavy atom. The zero-order chi connectivity index (χ0) is 13.2. The molecule has 2 nitrogen and oxygen atoms in total. The molecule has 0 fully saturated rings. The highest BCUT2D eigenvalue weighted by Gasteiger charge is 2.43. The van der Waals surface area contributed by atoms with Crippen LogP contribution < -0.4 is 4.74 Å². The molecular weight excluding hydrogens is 255 g/mol. The summed E-state index contributed by atoms with van der Waals surface area (Å²) in [6.45, 7) is 0. The van der Waals surface area contributed by atoms with Gasteiger partial charge >= 0.3 is 6.18 Å². The van der Waals surface area contributed by atoms with Gasteiger partial charge in [-0.3, -0.25) is 4.90 Å². The molecule has 0 N–H and O–H groups in total. The minimum absolute atomic E-state index is 0.0185. The second kappa shape index (κ2) is 5.14. The van der Waals surface area contributed by atoms with Crippen molar-refractivity contribution in [2.45, 2.75) is 12.2 Å². The Hall–Kier alpha value is -0.940. The molecule has 0 aliphatic heterocycles. The summed E-state index contributed by atoms with van der Waals surface area (Å²) in [6, 6.07) is 2.45. The summed E-state index contributed by atoms with van der Waals surface area (Å²) in [7, 11) is 4.15. The molecule has 6 heteroatoms. The summed E-state index contributed by atoms with van der Waals surface area (Å²) >= 11 is 5.85. The highest BCUT2D eigenvalue weighted by molar-refractivity contribution is 6.31. The van der Waals surface area contributed by atoms with Crippen molar-refractivity contribution in [3.05, 3.63) is 28.8 Å². The normalized spacial score (nSPS) is 13.9. The van der Waals surface area contributed by atoms with Crippen LogP contribution >= 0.6 is 11.6 Å². The Balaban J connectivity index is 3.20. The Kier molecular flexibility index (Phi) is 4.27. The molecule has 17 heavy (non-hydrogen) atoms. The number of hydrogen-bond acceptors (Lipinski definition) is 2. The summed E-state index contributed by atoms with van der Waals surface area (Å²) in [5, 5.41) is 0.0420. The molecule has 0 aromatic heterocycles. The van der Waals surface area contributed by atoms with Crippen molar-refractivity contribution in [3.63, 3.8) is 0 Å². The van der Waals surface area contributed by atoms with Gasteiger partial charge < -0.3 is 4.74 Å². The molecule has 0 spiro atoms. The van der Waals surface area contributed by atoms with Crippen LogP contribution in [0.15, 0.2) is 18.2 Å². The van der Waals surface area contributed by atoms with Crippen LogP contribution in [-0.2, 0) is 0 Å². The number of nitrogens with zero attached hydrogens (tertiary/aromatic N) is 1. The van der Waals surface area contributed by atoms with Gasteiger partial charge in [0.15, 0.2) is 0 Å². The lowest BCUT2D eigenvalue weighted by Crippen LogP contribution is -2.33. The molecule has 1 unspecified atom stereocenters. The van der Waals surface area contributed by atoms with E-state index in [0.717, 1.165) is 4.90 Å². The zero-order valence-electron chi connectivity index (χ0n) is 9.68. The SMILES string of the molecule is COc1ccc(C(N(C)C)C(F)(F)F)c(Cl)c1. The molecule has 0 saturated heterocycles. The summed E-state index contributed by atoms with van der Waals surface area (Å²) in [6.07, 6.45) is -4.37. The molecule has 1 rings (SSSR count). The van der Waals surface area contributed by atoms with Gasteiger partial charge in [-0.25, -0.2) is 0 Å². The largest absolute Gasteiger partial charge is 0.497 e. The standard InChI is InChI=1S/C11H13ClF3NO/c1-16(2)10(11(13,14)15)8-5-4-7(17-3)6-9(8)12/h4-6,10H,1-3H3. The van der Waals surface area contributed by atoms with E-state index in [2.05, 4.69) is 0 Å². The maximum Gasteiger partial charge on any atom is 0.408 e. The molecule has 0 heterocycles. The van der Waals surface area contributed by atoms with E-state index >= 15 is 0 Å². The van der Waals surface area contributed by atoms with Crippen LogP contribution in [0.1, 0.15) is 11.6 Å². The fourth-order valence-corrected chi connectivity index (χ4v) is 1.88. The minimum Gasteiger partial charge on any atom is -0.497 e. The molecule has 0 aliphatic rings. The first kappa shape index (κ1) is 14.1. The highest BCUT2D eigenvalue weighted by Crippen LogP contribution is 2.40. The smallest absolute Gasteiger partial charge is 0.408 e. The number of benzene rings is 1. The molecule has 0 aliphatic carbocycles. The lowest BCUT2D eigenvalue weighted by atomic mass is 10.1. The van der Waals surface area contributed by atoms with Gasteiger partial charge in [-0.2, -0.15) is 13.2 Å². The minimum atomic E-state index is -4.37. The molecular formula is C11H13ClF3NO. The second-order valence-electron chi connectivity index (χ2n) is 3.80. The first-order valence-electron chi connectivity index (χ1n) is 4.84. The Morgan fingerprint density at radius 1 is 1.29 bits per heavy atom. The van der Waals surface area contributed by atoms with Crippen LogP contribution in [0.5, 0.6) is 5.75 Å². The van der Waals surface area contributed by atoms with Crippen molar-refractivity contribution in [2.75, 3.05) is 21.2 Å². The Bertz CT molecular complexity index is 393. The van der Waals surface area contributed by atoms with Crippen LogP contribution in [-0.4, -0.2) is 32.3 Å². The predicted octanol–water partition coefficient (Wildman–Crippen LogP) is 3.51. The number of ether oxygens (including phenoxy) is 1. The van der Waals surface area contributed by atoms with Crippen molar-refractivity contribution in [1.29, 1.82) is 0 Å². The topological polar surface area (TPSA) is 12.5 Å². The van der Waals surface area contributed by atoms with Crippen molar-refractivity contribution in [3.8, 4) is 5.75 Å². The molecule has 1 aromatic carbocycles. The fraction of sp³-hybridized carbons (Fsp3) is 0.455. The summed E-state index contributed by atoms with van der Waals surface area (Å²) < 4.78 is 43.6. The molecule has 1 atom stereocenters. The van der Waals surface area contributed by atoms with Gasteiger partial charge in [0, 0.05) is 5.02 Å². The number of hydrogen-bond donors (Lipinski definition) is 0. The van der Waals surface area contributed by atoms with E-state index in [4.69, 9.17) is 16.3 Å². The van der Waals surface area contributed by atoms with Crippen LogP contribution in [0.3, 0.4) is 0 Å². The average Bonchev–Trinajstić information content (AvgIpc) is 2.18. The van der Waals surface area contributed by atoms with Gasteiger partial charge in [0.1, 0.15) is 11.8 Å². The molecule has 0 bridgehead atoms. The van der Waals surface area contributed by atoms with E-state index in [1.54, 1.807) is 0 Å². The lowest BCUT2D eigenvalue weighted by molar-refractivity contribution is -0.179. The van der Waals surface area contributed by atoms with Crippen molar-refractivity contribution in [1.82, 2.24) is 4.90 Å². The highest BCUT2D eigenvalue weighted by atomic mass is 35.5. The van der Waals surface area contributed by atoms with E-state index in [0.29, 0.717) is 5.75 Å². The van der Waals surface area contributed by atoms with E-state index < -0.39 is 12.2 Å². The summed E-state index contributed by atoms with van der Waals surface area (Å²) in [5.74, 6) is 0.429. The van der Waals surface area contributed by atoms with Crippen molar-refractivity contribution in [2.24, 2.45) is 0 Å². The van der Waals surface area contributed by atoms with Gasteiger partial charge in [0.2, 0.25) is 0 Å². The van der Waals surface area contributed by atoms with Crippen LogP contribution in [0, 0.1) is 0 Å². The second-order valence-corrected chi connectivity index (χ2v) is 4.20. The average molecular weight is 268 g/mol. The van der Waals surface area contributed by atoms with Gasteiger partial charge in [0.25, 0.3) is 0 Å². The van der Waals surface area contributed by atoms with Gasteiger partial charge in [0.05, 0.1) is 7.11 Å². The number of rotatable bonds is 3. The van der Waals surface area contributed by atoms with Crippen molar-refractivity contribution < 1.29 is 17.9 Å². The Morgan fingerprint density at radius 2 is 1.88 bits per heavy atom. The van der Waals surface area contributed by atoms with Crippen LogP contribution in [0.2, 0.25) is 5.02 Å². The zero-order valence-corrected chi connectivity index (χ0v) is 10.4. The summed E-state index contributed by atoms with van der Waals surface area (Å²) in [4.78, 5) is 1.08. The number of methoxy groups -OCH3 is 1. The monoisotopic (exact) mass is 267 g/mol. The lowest BCUT2D eigenvalue weighted by Gasteiger charge is -2.27. The van der Waals surface area contributed by atoms with E-state index in [1.807, 2.05) is 0 Å². The molecule has 1 aromatic rings. The fourth-order valence-electron chi connectivity index (χ4n) is 1.60.